The predicted octanol–water partition coefficient (Wildman–Crippen LogP) is 4.08. The Morgan fingerprint density at radius 1 is 1.22 bits per heavy atom. The van der Waals surface area contributed by atoms with Crippen molar-refractivity contribution in [2.75, 3.05) is 0 Å². The molecule has 0 aliphatic rings. The van der Waals surface area contributed by atoms with Crippen molar-refractivity contribution < 1.29 is 0 Å². The Hall–Kier alpha value is -1.45. The zero-order valence-corrected chi connectivity index (χ0v) is 11.5. The summed E-state index contributed by atoms with van der Waals surface area (Å²) < 4.78 is 0. The van der Waals surface area contributed by atoms with E-state index in [-0.39, 0.29) is 5.84 Å². The first-order chi connectivity index (χ1) is 8.58. The molecule has 92 valence electrons. The van der Waals surface area contributed by atoms with E-state index in [0.29, 0.717) is 10.6 Å². The lowest BCUT2D eigenvalue weighted by atomic mass is 10.2. The van der Waals surface area contributed by atoms with E-state index in [1.165, 1.54) is 5.56 Å². The van der Waals surface area contributed by atoms with Crippen molar-refractivity contribution in [3.8, 4) is 0 Å². The molecule has 4 heteroatoms. The van der Waals surface area contributed by atoms with Crippen molar-refractivity contribution in [1.82, 2.24) is 0 Å². The topological polar surface area (TPSA) is 49.9 Å². The smallest absolute Gasteiger partial charge is 0.125 e. The number of nitrogens with one attached hydrogen (secondary N) is 1. The molecule has 2 aromatic carbocycles. The standard InChI is InChI=1S/C14H13ClN2S/c1-9-4-2-5-10(8-9)18-12-7-3-6-11(15)13(12)14(16)17/h2-8H,1H3,(H3,16,17). The summed E-state index contributed by atoms with van der Waals surface area (Å²) in [6, 6.07) is 13.7. The minimum Gasteiger partial charge on any atom is -0.384 e. The highest BCUT2D eigenvalue weighted by molar-refractivity contribution is 7.99. The lowest BCUT2D eigenvalue weighted by Crippen LogP contribution is -2.12. The summed E-state index contributed by atoms with van der Waals surface area (Å²) in [6.07, 6.45) is 0. The van der Waals surface area contributed by atoms with Gasteiger partial charge in [-0.1, -0.05) is 47.1 Å². The maximum atomic E-state index is 7.61. The van der Waals surface area contributed by atoms with Crippen LogP contribution in [-0.4, -0.2) is 5.84 Å². The molecule has 0 aromatic heterocycles. The summed E-state index contributed by atoms with van der Waals surface area (Å²) >= 11 is 7.65. The molecule has 2 nitrogen and oxygen atoms in total. The van der Waals surface area contributed by atoms with Crippen LogP contribution in [0.15, 0.2) is 52.3 Å². The number of nitrogen functional groups attached to an aromatic ring is 1. The fourth-order valence-corrected chi connectivity index (χ4v) is 3.10. The molecule has 0 unspecified atom stereocenters. The molecule has 18 heavy (non-hydrogen) atoms. The van der Waals surface area contributed by atoms with Gasteiger partial charge >= 0.3 is 0 Å². The Balaban J connectivity index is 2.40. The number of nitrogens with two attached hydrogens (primary N) is 1. The Morgan fingerprint density at radius 2 is 1.94 bits per heavy atom. The third-order valence-corrected chi connectivity index (χ3v) is 3.83. The molecule has 0 saturated heterocycles. The second-order valence-electron chi connectivity index (χ2n) is 3.95. The first-order valence-electron chi connectivity index (χ1n) is 5.45. The van der Waals surface area contributed by atoms with Gasteiger partial charge < -0.3 is 5.73 Å². The van der Waals surface area contributed by atoms with Crippen LogP contribution in [0.2, 0.25) is 5.02 Å². The average Bonchev–Trinajstić information content (AvgIpc) is 2.28. The summed E-state index contributed by atoms with van der Waals surface area (Å²) in [7, 11) is 0. The normalized spacial score (nSPS) is 10.3. The van der Waals surface area contributed by atoms with Crippen LogP contribution in [-0.2, 0) is 0 Å². The number of hydrogen-bond acceptors (Lipinski definition) is 2. The molecule has 0 saturated carbocycles. The first-order valence-corrected chi connectivity index (χ1v) is 6.65. The molecule has 0 heterocycles. The van der Waals surface area contributed by atoms with Gasteiger partial charge in [0.2, 0.25) is 0 Å². The van der Waals surface area contributed by atoms with E-state index < -0.39 is 0 Å². The van der Waals surface area contributed by atoms with Gasteiger partial charge in [0, 0.05) is 15.4 Å². The van der Waals surface area contributed by atoms with E-state index in [0.717, 1.165) is 9.79 Å². The monoisotopic (exact) mass is 276 g/mol. The van der Waals surface area contributed by atoms with Crippen LogP contribution in [0.3, 0.4) is 0 Å². The van der Waals surface area contributed by atoms with Gasteiger partial charge in [0.1, 0.15) is 5.84 Å². The van der Waals surface area contributed by atoms with Gasteiger partial charge in [-0.3, -0.25) is 5.41 Å². The average molecular weight is 277 g/mol. The highest BCUT2D eigenvalue weighted by Gasteiger charge is 2.11. The molecule has 0 aliphatic heterocycles. The largest absolute Gasteiger partial charge is 0.384 e. The number of benzene rings is 2. The predicted molar refractivity (Wildman–Crippen MR) is 77.8 cm³/mol. The molecule has 0 atom stereocenters. The minimum absolute atomic E-state index is 0.00393. The highest BCUT2D eigenvalue weighted by atomic mass is 35.5. The van der Waals surface area contributed by atoms with Gasteiger partial charge in [-0.2, -0.15) is 0 Å². The Bertz CT molecular complexity index is 596. The Labute approximate surface area is 116 Å². The van der Waals surface area contributed by atoms with Gasteiger partial charge in [0.05, 0.1) is 5.02 Å². The molecular formula is C14H13ClN2S. The van der Waals surface area contributed by atoms with Crippen LogP contribution in [0.5, 0.6) is 0 Å². The van der Waals surface area contributed by atoms with E-state index in [9.17, 15) is 0 Å². The quantitative estimate of drug-likeness (QED) is 0.655. The number of hydrogen-bond donors (Lipinski definition) is 2. The van der Waals surface area contributed by atoms with Crippen molar-refractivity contribution in [2.24, 2.45) is 5.73 Å². The van der Waals surface area contributed by atoms with E-state index >= 15 is 0 Å². The van der Waals surface area contributed by atoms with Crippen molar-refractivity contribution in [3.63, 3.8) is 0 Å². The van der Waals surface area contributed by atoms with Crippen LogP contribution in [0.25, 0.3) is 0 Å². The van der Waals surface area contributed by atoms with Crippen molar-refractivity contribution in [2.45, 2.75) is 16.7 Å². The fraction of sp³-hybridized carbons (Fsp3) is 0.0714. The van der Waals surface area contributed by atoms with Crippen molar-refractivity contribution >= 4 is 29.2 Å². The number of rotatable bonds is 3. The lowest BCUT2D eigenvalue weighted by Gasteiger charge is -2.09. The summed E-state index contributed by atoms with van der Waals surface area (Å²) in [5, 5.41) is 8.12. The number of halogens is 1. The fourth-order valence-electron chi connectivity index (χ4n) is 1.66. The third kappa shape index (κ3) is 2.86. The molecule has 0 radical (unpaired) electrons. The van der Waals surface area contributed by atoms with Crippen molar-refractivity contribution in [3.05, 3.63) is 58.6 Å². The maximum absolute atomic E-state index is 7.61. The molecule has 0 bridgehead atoms. The van der Waals surface area contributed by atoms with Crippen LogP contribution in [0, 0.1) is 12.3 Å². The van der Waals surface area contributed by atoms with E-state index in [4.69, 9.17) is 22.7 Å². The second-order valence-corrected chi connectivity index (χ2v) is 5.47. The minimum atomic E-state index is -0.00393. The first kappa shape index (κ1) is 13.0. The maximum Gasteiger partial charge on any atom is 0.125 e. The summed E-state index contributed by atoms with van der Waals surface area (Å²) in [5.74, 6) is -0.00393. The molecule has 0 fully saturated rings. The molecule has 2 aromatic rings. The molecule has 0 spiro atoms. The van der Waals surface area contributed by atoms with Gasteiger partial charge in [0.15, 0.2) is 0 Å². The lowest BCUT2D eigenvalue weighted by molar-refractivity contribution is 1.32. The van der Waals surface area contributed by atoms with Gasteiger partial charge in [-0.25, -0.2) is 0 Å². The number of amidine groups is 1. The SMILES string of the molecule is Cc1cccc(Sc2cccc(Cl)c2C(=N)N)c1. The summed E-state index contributed by atoms with van der Waals surface area (Å²) in [4.78, 5) is 2.01. The van der Waals surface area contributed by atoms with Crippen molar-refractivity contribution in [1.29, 1.82) is 5.41 Å². The van der Waals surface area contributed by atoms with Gasteiger partial charge in [0.25, 0.3) is 0 Å². The van der Waals surface area contributed by atoms with E-state index in [1.807, 2.05) is 37.3 Å². The Kier molecular flexibility index (Phi) is 3.94. The van der Waals surface area contributed by atoms with Crippen LogP contribution < -0.4 is 5.73 Å². The number of aryl methyl sites for hydroxylation is 1. The van der Waals surface area contributed by atoms with Gasteiger partial charge in [-0.15, -0.1) is 0 Å². The molecule has 0 amide bonds. The van der Waals surface area contributed by atoms with Crippen LogP contribution in [0.1, 0.15) is 11.1 Å². The zero-order chi connectivity index (χ0) is 13.1. The van der Waals surface area contributed by atoms with E-state index in [1.54, 1.807) is 17.8 Å². The molecule has 3 N–H and O–H groups in total. The second kappa shape index (κ2) is 5.46. The molecule has 2 rings (SSSR count). The van der Waals surface area contributed by atoms with Crippen LogP contribution >= 0.6 is 23.4 Å². The molecular weight excluding hydrogens is 264 g/mol. The highest BCUT2D eigenvalue weighted by Crippen LogP contribution is 2.33. The Morgan fingerprint density at radius 3 is 2.61 bits per heavy atom. The van der Waals surface area contributed by atoms with Crippen LogP contribution in [0.4, 0.5) is 0 Å². The summed E-state index contributed by atoms with van der Waals surface area (Å²) in [5.41, 5.74) is 7.39. The summed E-state index contributed by atoms with van der Waals surface area (Å²) in [6.45, 7) is 2.05. The third-order valence-electron chi connectivity index (χ3n) is 2.46. The zero-order valence-electron chi connectivity index (χ0n) is 9.91. The van der Waals surface area contributed by atoms with E-state index in [2.05, 4.69) is 6.07 Å². The van der Waals surface area contributed by atoms with Gasteiger partial charge in [-0.05, 0) is 31.2 Å². The molecule has 0 aliphatic carbocycles.